The molecule has 116 valence electrons. The van der Waals surface area contributed by atoms with E-state index in [1.807, 2.05) is 30.3 Å². The van der Waals surface area contributed by atoms with Crippen LogP contribution in [-0.2, 0) is 24.4 Å². The molecule has 0 bridgehead atoms. The first kappa shape index (κ1) is 16.0. The number of hydrogen-bond donors (Lipinski definition) is 3. The summed E-state index contributed by atoms with van der Waals surface area (Å²) in [5.74, 6) is 0.240. The summed E-state index contributed by atoms with van der Waals surface area (Å²) in [6.07, 6.45) is 3.45. The Labute approximate surface area is 128 Å². The summed E-state index contributed by atoms with van der Waals surface area (Å²) in [5.41, 5.74) is 1.12. The van der Waals surface area contributed by atoms with E-state index in [4.69, 9.17) is 14.6 Å². The Bertz CT molecular complexity index is 619. The van der Waals surface area contributed by atoms with Crippen LogP contribution in [0.3, 0.4) is 0 Å². The Morgan fingerprint density at radius 2 is 1.91 bits per heavy atom. The summed E-state index contributed by atoms with van der Waals surface area (Å²) in [5, 5.41) is 21.0. The van der Waals surface area contributed by atoms with Gasteiger partial charge in [0.25, 0.3) is 0 Å². The van der Waals surface area contributed by atoms with Gasteiger partial charge in [-0.25, -0.2) is 4.79 Å². The van der Waals surface area contributed by atoms with Gasteiger partial charge < -0.3 is 19.9 Å². The fourth-order valence-electron chi connectivity index (χ4n) is 2.11. The summed E-state index contributed by atoms with van der Waals surface area (Å²) < 4.78 is 5.41. The van der Waals surface area contributed by atoms with Gasteiger partial charge >= 0.3 is 5.97 Å². The number of aliphatic carboxylic acids is 1. The maximum absolute atomic E-state index is 10.7. The lowest BCUT2D eigenvalue weighted by atomic mass is 10.1. The number of aliphatic hydroxyl groups is 1. The molecule has 2 rings (SSSR count). The van der Waals surface area contributed by atoms with Crippen molar-refractivity contribution in [1.82, 2.24) is 5.32 Å². The number of carboxylic acids is 1. The second-order valence-corrected chi connectivity index (χ2v) is 4.90. The zero-order chi connectivity index (χ0) is 15.8. The van der Waals surface area contributed by atoms with Crippen LogP contribution in [0.2, 0.25) is 0 Å². The molecule has 0 amide bonds. The number of furan rings is 1. The van der Waals surface area contributed by atoms with Crippen LogP contribution in [0.25, 0.3) is 0 Å². The number of carbonyl (C=O) groups is 1. The molecule has 0 saturated carbocycles. The quantitative estimate of drug-likeness (QED) is 0.651. The molecule has 1 aromatic heterocycles. The lowest BCUT2D eigenvalue weighted by Crippen LogP contribution is -2.29. The third-order valence-corrected chi connectivity index (χ3v) is 3.18. The lowest BCUT2D eigenvalue weighted by Gasteiger charge is -2.14. The molecular formula is C17H19NO4. The summed E-state index contributed by atoms with van der Waals surface area (Å²) in [4.78, 5) is 10.7. The largest absolute Gasteiger partial charge is 0.478 e. The van der Waals surface area contributed by atoms with Gasteiger partial charge in [0.15, 0.2) is 0 Å². The minimum absolute atomic E-state index is 0.124. The van der Waals surface area contributed by atoms with Gasteiger partial charge in [-0.05, 0) is 24.1 Å². The highest BCUT2D eigenvalue weighted by Crippen LogP contribution is 2.09. The van der Waals surface area contributed by atoms with Crippen LogP contribution < -0.4 is 5.32 Å². The number of hydrogen-bond acceptors (Lipinski definition) is 4. The average Bonchev–Trinajstić information content (AvgIpc) is 2.99. The highest BCUT2D eigenvalue weighted by Gasteiger charge is 2.08. The Morgan fingerprint density at radius 1 is 1.18 bits per heavy atom. The van der Waals surface area contributed by atoms with Gasteiger partial charge in [-0.1, -0.05) is 36.4 Å². The molecule has 0 radical (unpaired) electrons. The van der Waals surface area contributed by atoms with E-state index >= 15 is 0 Å². The van der Waals surface area contributed by atoms with Crippen molar-refractivity contribution in [3.63, 3.8) is 0 Å². The smallest absolute Gasteiger partial charge is 0.328 e. The second kappa shape index (κ2) is 8.17. The summed E-state index contributed by atoms with van der Waals surface area (Å²) in [7, 11) is 0. The molecule has 0 fully saturated rings. The van der Waals surface area contributed by atoms with Crippen LogP contribution >= 0.6 is 0 Å². The standard InChI is InChI=1S/C17H19NO4/c19-12-16-8-7-15(22-16)11-18-14(6-9-17(20)21)10-13-4-2-1-3-5-13/h1-9,14,18-19H,10-12H2,(H,20,21)/b9-6+. The maximum Gasteiger partial charge on any atom is 0.328 e. The minimum Gasteiger partial charge on any atom is -0.478 e. The van der Waals surface area contributed by atoms with E-state index in [1.54, 1.807) is 18.2 Å². The second-order valence-electron chi connectivity index (χ2n) is 4.90. The van der Waals surface area contributed by atoms with Gasteiger partial charge in [-0.3, -0.25) is 0 Å². The SMILES string of the molecule is O=C(O)/C=C/C(Cc1ccccc1)NCc1ccc(CO)o1. The lowest BCUT2D eigenvalue weighted by molar-refractivity contribution is -0.131. The van der Waals surface area contributed by atoms with E-state index in [2.05, 4.69) is 5.32 Å². The number of aliphatic hydroxyl groups excluding tert-OH is 1. The molecular weight excluding hydrogens is 282 g/mol. The number of benzene rings is 1. The van der Waals surface area contributed by atoms with Crippen molar-refractivity contribution in [2.75, 3.05) is 0 Å². The zero-order valence-electron chi connectivity index (χ0n) is 12.1. The van der Waals surface area contributed by atoms with E-state index in [0.29, 0.717) is 24.5 Å². The average molecular weight is 301 g/mol. The molecule has 1 unspecified atom stereocenters. The Kier molecular flexibility index (Phi) is 5.94. The Balaban J connectivity index is 1.99. The third-order valence-electron chi connectivity index (χ3n) is 3.18. The molecule has 5 nitrogen and oxygen atoms in total. The van der Waals surface area contributed by atoms with E-state index in [1.165, 1.54) is 0 Å². The molecule has 22 heavy (non-hydrogen) atoms. The normalized spacial score (nSPS) is 12.6. The highest BCUT2D eigenvalue weighted by atomic mass is 16.4. The molecule has 0 aliphatic carbocycles. The summed E-state index contributed by atoms with van der Waals surface area (Å²) >= 11 is 0. The monoisotopic (exact) mass is 301 g/mol. The van der Waals surface area contributed by atoms with Crippen molar-refractivity contribution in [2.24, 2.45) is 0 Å². The van der Waals surface area contributed by atoms with Crippen LogP contribution in [0.15, 0.2) is 59.0 Å². The van der Waals surface area contributed by atoms with E-state index in [9.17, 15) is 4.79 Å². The van der Waals surface area contributed by atoms with E-state index in [0.717, 1.165) is 11.6 Å². The molecule has 1 heterocycles. The molecule has 5 heteroatoms. The van der Waals surface area contributed by atoms with Gasteiger partial charge in [0.2, 0.25) is 0 Å². The van der Waals surface area contributed by atoms with Crippen molar-refractivity contribution in [3.05, 3.63) is 71.7 Å². The van der Waals surface area contributed by atoms with Crippen LogP contribution in [0.4, 0.5) is 0 Å². The first-order chi connectivity index (χ1) is 10.7. The molecule has 0 spiro atoms. The third kappa shape index (κ3) is 5.20. The number of nitrogens with one attached hydrogen (secondary N) is 1. The van der Waals surface area contributed by atoms with Crippen LogP contribution in [-0.4, -0.2) is 22.2 Å². The highest BCUT2D eigenvalue weighted by molar-refractivity contribution is 5.79. The Morgan fingerprint density at radius 3 is 2.55 bits per heavy atom. The molecule has 0 aliphatic rings. The molecule has 2 aromatic rings. The molecule has 1 aromatic carbocycles. The predicted molar refractivity (Wildman–Crippen MR) is 82.2 cm³/mol. The van der Waals surface area contributed by atoms with Crippen LogP contribution in [0, 0.1) is 0 Å². The summed E-state index contributed by atoms with van der Waals surface area (Å²) in [6, 6.07) is 13.2. The van der Waals surface area contributed by atoms with Crippen molar-refractivity contribution >= 4 is 5.97 Å². The predicted octanol–water partition coefficient (Wildman–Crippen LogP) is 2.11. The summed E-state index contributed by atoms with van der Waals surface area (Å²) in [6.45, 7) is 0.327. The zero-order valence-corrected chi connectivity index (χ0v) is 12.1. The topological polar surface area (TPSA) is 82.7 Å². The van der Waals surface area contributed by atoms with Gasteiger partial charge in [0.05, 0.1) is 6.54 Å². The van der Waals surface area contributed by atoms with Gasteiger partial charge in [-0.15, -0.1) is 0 Å². The molecule has 3 N–H and O–H groups in total. The van der Waals surface area contributed by atoms with Gasteiger partial charge in [-0.2, -0.15) is 0 Å². The number of carboxylic acid groups (broad SMARTS) is 1. The minimum atomic E-state index is -0.972. The Hall–Kier alpha value is -2.37. The first-order valence-electron chi connectivity index (χ1n) is 7.04. The fraction of sp³-hybridized carbons (Fsp3) is 0.235. The van der Waals surface area contributed by atoms with Gasteiger partial charge in [0.1, 0.15) is 18.1 Å². The van der Waals surface area contributed by atoms with Crippen molar-refractivity contribution < 1.29 is 19.4 Å². The number of rotatable bonds is 8. The first-order valence-corrected chi connectivity index (χ1v) is 7.04. The molecule has 0 saturated heterocycles. The van der Waals surface area contributed by atoms with Crippen molar-refractivity contribution in [2.45, 2.75) is 25.6 Å². The maximum atomic E-state index is 10.7. The fourth-order valence-corrected chi connectivity index (χ4v) is 2.11. The van der Waals surface area contributed by atoms with E-state index < -0.39 is 5.97 Å². The van der Waals surface area contributed by atoms with Crippen molar-refractivity contribution in [1.29, 1.82) is 0 Å². The van der Waals surface area contributed by atoms with Crippen LogP contribution in [0.5, 0.6) is 0 Å². The van der Waals surface area contributed by atoms with Crippen molar-refractivity contribution in [3.8, 4) is 0 Å². The van der Waals surface area contributed by atoms with E-state index in [-0.39, 0.29) is 12.6 Å². The molecule has 0 aliphatic heterocycles. The van der Waals surface area contributed by atoms with Crippen LogP contribution in [0.1, 0.15) is 17.1 Å². The van der Waals surface area contributed by atoms with Gasteiger partial charge in [0, 0.05) is 12.1 Å². The molecule has 1 atom stereocenters.